The monoisotopic (exact) mass is 554 g/mol. The number of aliphatic carboxylic acids is 1. The van der Waals surface area contributed by atoms with Gasteiger partial charge >= 0.3 is 5.97 Å². The largest absolute Gasteiger partial charge is 0.481 e. The molecule has 194 valence electrons. The lowest BCUT2D eigenvalue weighted by Gasteiger charge is -2.14. The van der Waals surface area contributed by atoms with Gasteiger partial charge in [0.05, 0.1) is 0 Å². The van der Waals surface area contributed by atoms with Crippen molar-refractivity contribution < 1.29 is 23.5 Å². The number of rotatable bonds is 10. The van der Waals surface area contributed by atoms with Gasteiger partial charge in [-0.05, 0) is 65.6 Å². The molecule has 0 spiro atoms. The van der Waals surface area contributed by atoms with Crippen LogP contribution in [0.2, 0.25) is 10.0 Å². The van der Waals surface area contributed by atoms with Crippen LogP contribution in [-0.2, 0) is 11.3 Å². The number of hydrogen-bond acceptors (Lipinski definition) is 4. The van der Waals surface area contributed by atoms with Gasteiger partial charge in [-0.2, -0.15) is 0 Å². The first-order valence-electron chi connectivity index (χ1n) is 11.7. The summed E-state index contributed by atoms with van der Waals surface area (Å²) in [6.07, 6.45) is 1.59. The van der Waals surface area contributed by atoms with Crippen molar-refractivity contribution >= 4 is 40.6 Å². The molecule has 0 atom stereocenters. The molecule has 0 radical (unpaired) electrons. The number of nitrogens with one attached hydrogen (secondary N) is 1. The summed E-state index contributed by atoms with van der Waals surface area (Å²) in [5.74, 6) is -3.23. The summed E-state index contributed by atoms with van der Waals surface area (Å²) in [6.45, 7) is 0.198. The summed E-state index contributed by atoms with van der Waals surface area (Å²) in [5, 5.41) is 13.0. The van der Waals surface area contributed by atoms with E-state index in [1.165, 1.54) is 12.3 Å². The van der Waals surface area contributed by atoms with Gasteiger partial charge in [0, 0.05) is 52.4 Å². The molecule has 5 nitrogen and oxygen atoms in total. The molecule has 4 rings (SSSR count). The van der Waals surface area contributed by atoms with Crippen LogP contribution in [-0.4, -0.2) is 21.8 Å². The van der Waals surface area contributed by atoms with Gasteiger partial charge in [-0.3, -0.25) is 14.6 Å². The maximum atomic E-state index is 14.1. The van der Waals surface area contributed by atoms with Gasteiger partial charge < -0.3 is 10.4 Å². The predicted octanol–water partition coefficient (Wildman–Crippen LogP) is 8.05. The zero-order valence-electron chi connectivity index (χ0n) is 20.0. The number of hydrogen-bond donors (Lipinski definition) is 2. The van der Waals surface area contributed by atoms with E-state index < -0.39 is 17.6 Å². The van der Waals surface area contributed by atoms with E-state index in [9.17, 15) is 18.4 Å². The zero-order valence-corrected chi connectivity index (χ0v) is 21.5. The molecule has 0 aliphatic carbocycles. The number of carboxylic acid groups (broad SMARTS) is 1. The molecule has 2 N–H and O–H groups in total. The third-order valence-electron chi connectivity index (χ3n) is 5.91. The first-order valence-corrected chi connectivity index (χ1v) is 12.5. The predicted molar refractivity (Wildman–Crippen MR) is 145 cm³/mol. The van der Waals surface area contributed by atoms with Gasteiger partial charge in [0.1, 0.15) is 5.69 Å². The number of anilines is 1. The number of ketones is 1. The molecule has 4 aromatic rings. The van der Waals surface area contributed by atoms with E-state index in [0.717, 1.165) is 28.9 Å². The summed E-state index contributed by atoms with van der Waals surface area (Å²) in [7, 11) is 0. The van der Waals surface area contributed by atoms with Crippen LogP contribution >= 0.6 is 23.2 Å². The lowest BCUT2D eigenvalue weighted by atomic mass is 9.99. The van der Waals surface area contributed by atoms with Crippen LogP contribution in [0.5, 0.6) is 0 Å². The van der Waals surface area contributed by atoms with Crippen LogP contribution in [0.15, 0.2) is 72.9 Å². The molecule has 1 heterocycles. The highest BCUT2D eigenvalue weighted by Gasteiger charge is 2.14. The van der Waals surface area contributed by atoms with Crippen molar-refractivity contribution in [2.24, 2.45) is 0 Å². The van der Waals surface area contributed by atoms with E-state index in [1.54, 1.807) is 18.2 Å². The Morgan fingerprint density at radius 1 is 0.842 bits per heavy atom. The highest BCUT2D eigenvalue weighted by atomic mass is 35.5. The van der Waals surface area contributed by atoms with E-state index in [-0.39, 0.29) is 37.3 Å². The maximum absolute atomic E-state index is 14.1. The minimum absolute atomic E-state index is 0.0575. The normalized spacial score (nSPS) is 10.8. The quantitative estimate of drug-likeness (QED) is 0.194. The molecule has 0 saturated carbocycles. The van der Waals surface area contributed by atoms with Crippen LogP contribution in [0.1, 0.15) is 35.3 Å². The minimum atomic E-state index is -0.998. The fraction of sp³-hybridized carbons (Fsp3) is 0.138. The Kier molecular flexibility index (Phi) is 8.71. The van der Waals surface area contributed by atoms with Crippen molar-refractivity contribution in [3.05, 3.63) is 106 Å². The van der Waals surface area contributed by atoms with Gasteiger partial charge in [-0.25, -0.2) is 8.78 Å². The number of carbonyl (C=O) groups excluding carboxylic acids is 1. The highest BCUT2D eigenvalue weighted by molar-refractivity contribution is 6.36. The maximum Gasteiger partial charge on any atom is 0.303 e. The Hall–Kier alpha value is -3.81. The van der Waals surface area contributed by atoms with Gasteiger partial charge in [-0.15, -0.1) is 0 Å². The van der Waals surface area contributed by atoms with Gasteiger partial charge in [-0.1, -0.05) is 47.5 Å². The second-order valence-electron chi connectivity index (χ2n) is 8.58. The number of pyridine rings is 1. The number of aromatic nitrogens is 1. The SMILES string of the molecule is O=C(O)CCCC(=O)c1ccc(-c2cc(F)c(F)cc2CNc2ccc(-c3ccc(Cl)cc3Cl)cc2)cn1. The molecule has 1 aromatic heterocycles. The summed E-state index contributed by atoms with van der Waals surface area (Å²) in [4.78, 5) is 27.1. The Morgan fingerprint density at radius 3 is 2.21 bits per heavy atom. The summed E-state index contributed by atoms with van der Waals surface area (Å²) < 4.78 is 28.3. The molecule has 0 saturated heterocycles. The number of nitrogens with zero attached hydrogens (tertiary/aromatic N) is 1. The third kappa shape index (κ3) is 6.73. The van der Waals surface area contributed by atoms with Crippen molar-refractivity contribution in [2.45, 2.75) is 25.8 Å². The van der Waals surface area contributed by atoms with Crippen LogP contribution in [0.4, 0.5) is 14.5 Å². The van der Waals surface area contributed by atoms with Crippen LogP contribution in [0, 0.1) is 11.6 Å². The van der Waals surface area contributed by atoms with Crippen LogP contribution in [0.3, 0.4) is 0 Å². The summed E-state index contributed by atoms with van der Waals surface area (Å²) in [5.41, 5.74) is 4.11. The van der Waals surface area contributed by atoms with Crippen molar-refractivity contribution in [3.8, 4) is 22.3 Å². The van der Waals surface area contributed by atoms with Crippen LogP contribution in [0.25, 0.3) is 22.3 Å². The molecule has 9 heteroatoms. The first kappa shape index (κ1) is 27.2. The molecule has 0 aliphatic rings. The summed E-state index contributed by atoms with van der Waals surface area (Å²) in [6, 6.07) is 18.1. The Labute approximate surface area is 228 Å². The average molecular weight is 555 g/mol. The van der Waals surface area contributed by atoms with Crippen LogP contribution < -0.4 is 5.32 Å². The topological polar surface area (TPSA) is 79.3 Å². The second kappa shape index (κ2) is 12.2. The number of carbonyl (C=O) groups is 2. The van der Waals surface area contributed by atoms with Crippen molar-refractivity contribution in [3.63, 3.8) is 0 Å². The highest BCUT2D eigenvalue weighted by Crippen LogP contribution is 2.32. The number of carboxylic acids is 1. The Morgan fingerprint density at radius 2 is 1.55 bits per heavy atom. The fourth-order valence-electron chi connectivity index (χ4n) is 3.94. The molecule has 0 bridgehead atoms. The fourth-order valence-corrected chi connectivity index (χ4v) is 4.46. The average Bonchev–Trinajstić information content (AvgIpc) is 2.89. The zero-order chi connectivity index (χ0) is 27.2. The van der Waals surface area contributed by atoms with Gasteiger partial charge in [0.15, 0.2) is 17.4 Å². The molecule has 0 fully saturated rings. The van der Waals surface area contributed by atoms with Crippen molar-refractivity contribution in [2.75, 3.05) is 5.32 Å². The van der Waals surface area contributed by atoms with Gasteiger partial charge in [0.25, 0.3) is 0 Å². The lowest BCUT2D eigenvalue weighted by molar-refractivity contribution is -0.137. The number of benzene rings is 3. The Balaban J connectivity index is 1.50. The standard InChI is InChI=1S/C29H22Cl2F2N2O3/c30-20-7-10-22(24(31)13-20)17-4-8-21(9-5-17)34-16-19-12-25(32)26(33)14-23(19)18-6-11-27(35-15-18)28(36)2-1-3-29(37)38/h4-15,34H,1-3,16H2,(H,37,38). The van der Waals surface area contributed by atoms with Crippen molar-refractivity contribution in [1.29, 1.82) is 0 Å². The third-order valence-corrected chi connectivity index (χ3v) is 6.46. The molecule has 38 heavy (non-hydrogen) atoms. The van der Waals surface area contributed by atoms with E-state index in [4.69, 9.17) is 28.3 Å². The molecular weight excluding hydrogens is 533 g/mol. The van der Waals surface area contributed by atoms with E-state index in [1.807, 2.05) is 30.3 Å². The lowest BCUT2D eigenvalue weighted by Crippen LogP contribution is -2.05. The molecule has 3 aromatic carbocycles. The molecule has 0 aliphatic heterocycles. The second-order valence-corrected chi connectivity index (χ2v) is 9.42. The smallest absolute Gasteiger partial charge is 0.303 e. The van der Waals surface area contributed by atoms with E-state index in [2.05, 4.69) is 10.3 Å². The van der Waals surface area contributed by atoms with E-state index in [0.29, 0.717) is 26.7 Å². The van der Waals surface area contributed by atoms with Crippen molar-refractivity contribution in [1.82, 2.24) is 4.98 Å². The molecule has 0 unspecified atom stereocenters. The van der Waals surface area contributed by atoms with Gasteiger partial charge in [0.2, 0.25) is 0 Å². The summed E-state index contributed by atoms with van der Waals surface area (Å²) >= 11 is 12.3. The first-order chi connectivity index (χ1) is 18.2. The minimum Gasteiger partial charge on any atom is -0.481 e. The molecule has 0 amide bonds. The Bertz CT molecular complexity index is 1480. The number of halogens is 4. The molecular formula is C29H22Cl2F2N2O3. The van der Waals surface area contributed by atoms with E-state index >= 15 is 0 Å². The number of Topliss-reactive ketones (excluding diaryl/α,β-unsaturated/α-hetero) is 1.